The van der Waals surface area contributed by atoms with E-state index in [1.807, 2.05) is 11.3 Å². The third kappa shape index (κ3) is 3.12. The van der Waals surface area contributed by atoms with Gasteiger partial charge in [0, 0.05) is 10.3 Å². The second kappa shape index (κ2) is 7.38. The van der Waals surface area contributed by atoms with E-state index in [0.29, 0.717) is 0 Å². The molecule has 0 unspecified atom stereocenters. The van der Waals surface area contributed by atoms with Gasteiger partial charge in [-0.25, -0.2) is 4.98 Å². The first-order valence-electron chi connectivity index (χ1n) is 9.28. The van der Waals surface area contributed by atoms with E-state index in [4.69, 9.17) is 4.98 Å². The van der Waals surface area contributed by atoms with Gasteiger partial charge in [0.1, 0.15) is 4.83 Å². The molecule has 0 aliphatic heterocycles. The van der Waals surface area contributed by atoms with Crippen LogP contribution in [0.2, 0.25) is 0 Å². The first-order chi connectivity index (χ1) is 12.7. The van der Waals surface area contributed by atoms with Gasteiger partial charge in [0.2, 0.25) is 0 Å². The molecule has 0 N–H and O–H groups in total. The SMILES string of the molecule is Cc1cccc(-c2c(C)c(-c3cccs3)nc3sc4c(c23)CCCC4)c1.[Cl-]. The Morgan fingerprint density at radius 1 is 1.00 bits per heavy atom. The summed E-state index contributed by atoms with van der Waals surface area (Å²) in [6.45, 7) is 4.44. The molecule has 1 aliphatic carbocycles. The zero-order chi connectivity index (χ0) is 17.7. The number of hydrogen-bond donors (Lipinski definition) is 0. The molecule has 1 aliphatic rings. The highest BCUT2D eigenvalue weighted by molar-refractivity contribution is 7.19. The van der Waals surface area contributed by atoms with E-state index in [9.17, 15) is 0 Å². The van der Waals surface area contributed by atoms with E-state index >= 15 is 0 Å². The van der Waals surface area contributed by atoms with Crippen LogP contribution in [0.3, 0.4) is 0 Å². The molecule has 3 aromatic heterocycles. The lowest BCUT2D eigenvalue weighted by atomic mass is 9.89. The van der Waals surface area contributed by atoms with Crippen molar-refractivity contribution in [3.8, 4) is 21.7 Å². The molecular weight excluding hydrogens is 390 g/mol. The second-order valence-corrected chi connectivity index (χ2v) is 9.23. The topological polar surface area (TPSA) is 12.9 Å². The molecule has 4 aromatic rings. The summed E-state index contributed by atoms with van der Waals surface area (Å²) in [5.74, 6) is 0. The average Bonchev–Trinajstić information content (AvgIpc) is 3.29. The standard InChI is InChI=1S/C23H21NS2.ClH/c1-14-7-5-8-16(13-14)20-15(2)22(19-11-6-12-25-19)24-23-21(20)17-9-3-4-10-18(17)26-23;/h5-8,11-13H,3-4,9-10H2,1-2H3;1H/p-1. The third-order valence-electron chi connectivity index (χ3n) is 5.41. The van der Waals surface area contributed by atoms with Crippen LogP contribution in [0.25, 0.3) is 31.9 Å². The minimum Gasteiger partial charge on any atom is -1.00 e. The van der Waals surface area contributed by atoms with Crippen molar-refractivity contribution < 1.29 is 12.4 Å². The molecule has 138 valence electrons. The number of pyridine rings is 1. The summed E-state index contributed by atoms with van der Waals surface area (Å²) in [6.07, 6.45) is 5.04. The van der Waals surface area contributed by atoms with Gasteiger partial charge in [-0.1, -0.05) is 35.9 Å². The van der Waals surface area contributed by atoms with Crippen LogP contribution in [0.4, 0.5) is 0 Å². The van der Waals surface area contributed by atoms with Crippen LogP contribution in [0.1, 0.15) is 34.4 Å². The van der Waals surface area contributed by atoms with E-state index in [2.05, 4.69) is 55.6 Å². The smallest absolute Gasteiger partial charge is 0.125 e. The molecule has 1 nitrogen and oxygen atoms in total. The molecule has 0 saturated heterocycles. The van der Waals surface area contributed by atoms with E-state index in [0.717, 1.165) is 5.69 Å². The van der Waals surface area contributed by atoms with Gasteiger partial charge in [0.15, 0.2) is 0 Å². The Hall–Kier alpha value is -1.68. The molecule has 0 fully saturated rings. The van der Waals surface area contributed by atoms with Gasteiger partial charge in [-0.2, -0.15) is 0 Å². The van der Waals surface area contributed by atoms with Crippen molar-refractivity contribution in [3.63, 3.8) is 0 Å². The van der Waals surface area contributed by atoms with Crippen LogP contribution in [0, 0.1) is 13.8 Å². The summed E-state index contributed by atoms with van der Waals surface area (Å²) < 4.78 is 0. The number of fused-ring (bicyclic) bond motifs is 3. The Labute approximate surface area is 174 Å². The molecule has 0 bridgehead atoms. The number of rotatable bonds is 2. The molecule has 0 spiro atoms. The second-order valence-electron chi connectivity index (χ2n) is 7.20. The van der Waals surface area contributed by atoms with Crippen molar-refractivity contribution >= 4 is 32.9 Å². The quantitative estimate of drug-likeness (QED) is 0.482. The van der Waals surface area contributed by atoms with Crippen molar-refractivity contribution in [3.05, 3.63) is 63.3 Å². The Morgan fingerprint density at radius 3 is 2.63 bits per heavy atom. The maximum Gasteiger partial charge on any atom is 0.125 e. The molecule has 27 heavy (non-hydrogen) atoms. The molecule has 0 amide bonds. The third-order valence-corrected chi connectivity index (χ3v) is 7.47. The maximum atomic E-state index is 5.16. The lowest BCUT2D eigenvalue weighted by Gasteiger charge is -2.16. The number of aromatic nitrogens is 1. The molecule has 5 rings (SSSR count). The van der Waals surface area contributed by atoms with Gasteiger partial charge in [-0.3, -0.25) is 0 Å². The van der Waals surface area contributed by atoms with Crippen LogP contribution in [-0.2, 0) is 12.8 Å². The van der Waals surface area contributed by atoms with Gasteiger partial charge in [0.25, 0.3) is 0 Å². The molecule has 4 heteroatoms. The van der Waals surface area contributed by atoms with E-state index in [1.54, 1.807) is 21.8 Å². The zero-order valence-corrected chi connectivity index (χ0v) is 17.9. The van der Waals surface area contributed by atoms with Crippen molar-refractivity contribution in [1.29, 1.82) is 0 Å². The fourth-order valence-corrected chi connectivity index (χ4v) is 6.24. The summed E-state index contributed by atoms with van der Waals surface area (Å²) >= 11 is 3.71. The van der Waals surface area contributed by atoms with Crippen molar-refractivity contribution in [2.75, 3.05) is 0 Å². The van der Waals surface area contributed by atoms with Crippen molar-refractivity contribution in [1.82, 2.24) is 4.98 Å². The van der Waals surface area contributed by atoms with Crippen LogP contribution < -0.4 is 12.4 Å². The lowest BCUT2D eigenvalue weighted by molar-refractivity contribution is -0.00000507. The first-order valence-corrected chi connectivity index (χ1v) is 11.0. The number of halogens is 1. The van der Waals surface area contributed by atoms with Gasteiger partial charge >= 0.3 is 0 Å². The fraction of sp³-hybridized carbons (Fsp3) is 0.261. The molecule has 0 radical (unpaired) electrons. The lowest BCUT2D eigenvalue weighted by Crippen LogP contribution is -3.00. The Bertz CT molecular complexity index is 1110. The van der Waals surface area contributed by atoms with E-state index < -0.39 is 0 Å². The van der Waals surface area contributed by atoms with Gasteiger partial charge < -0.3 is 12.4 Å². The van der Waals surface area contributed by atoms with Gasteiger partial charge in [-0.15, -0.1) is 22.7 Å². The Balaban J connectivity index is 0.00000180. The summed E-state index contributed by atoms with van der Waals surface area (Å²) in [4.78, 5) is 9.22. The van der Waals surface area contributed by atoms with Crippen LogP contribution in [0.5, 0.6) is 0 Å². The first kappa shape index (κ1) is 18.7. The summed E-state index contributed by atoms with van der Waals surface area (Å²) in [6, 6.07) is 13.3. The number of thiophene rings is 2. The van der Waals surface area contributed by atoms with Crippen LogP contribution in [0.15, 0.2) is 41.8 Å². The van der Waals surface area contributed by atoms with Gasteiger partial charge in [-0.05, 0) is 73.2 Å². The highest BCUT2D eigenvalue weighted by Crippen LogP contribution is 2.45. The van der Waals surface area contributed by atoms with Crippen LogP contribution >= 0.6 is 22.7 Å². The molecule has 0 saturated carbocycles. The minimum atomic E-state index is 0. The molecule has 0 atom stereocenters. The number of hydrogen-bond acceptors (Lipinski definition) is 3. The highest BCUT2D eigenvalue weighted by Gasteiger charge is 2.23. The predicted molar refractivity (Wildman–Crippen MR) is 114 cm³/mol. The number of aryl methyl sites for hydroxylation is 3. The predicted octanol–water partition coefficient (Wildman–Crippen LogP) is 4.19. The highest BCUT2D eigenvalue weighted by atomic mass is 35.5. The molecule has 3 heterocycles. The van der Waals surface area contributed by atoms with Crippen LogP contribution in [-0.4, -0.2) is 4.98 Å². The maximum absolute atomic E-state index is 5.16. The summed E-state index contributed by atoms with van der Waals surface area (Å²) in [5, 5.41) is 3.57. The van der Waals surface area contributed by atoms with Crippen molar-refractivity contribution in [2.45, 2.75) is 39.5 Å². The van der Waals surface area contributed by atoms with Gasteiger partial charge in [0.05, 0.1) is 10.6 Å². The average molecular weight is 411 g/mol. The largest absolute Gasteiger partial charge is 1.00 e. The Morgan fingerprint density at radius 2 is 1.85 bits per heavy atom. The minimum absolute atomic E-state index is 0. The fourth-order valence-electron chi connectivity index (χ4n) is 4.19. The van der Waals surface area contributed by atoms with E-state index in [-0.39, 0.29) is 12.4 Å². The van der Waals surface area contributed by atoms with Crippen molar-refractivity contribution in [2.24, 2.45) is 0 Å². The van der Waals surface area contributed by atoms with E-state index in [1.165, 1.54) is 63.0 Å². The summed E-state index contributed by atoms with van der Waals surface area (Å²) in [5.41, 5.74) is 8.09. The Kier molecular flexibility index (Phi) is 5.11. The number of nitrogens with zero attached hydrogens (tertiary/aromatic N) is 1. The molecule has 1 aromatic carbocycles. The number of benzene rings is 1. The summed E-state index contributed by atoms with van der Waals surface area (Å²) in [7, 11) is 0. The monoisotopic (exact) mass is 410 g/mol. The zero-order valence-electron chi connectivity index (χ0n) is 15.5. The normalized spacial score (nSPS) is 13.4. The molecular formula is C23H21ClNS2-.